The predicted octanol–water partition coefficient (Wildman–Crippen LogP) is 5.10. The van der Waals surface area contributed by atoms with Crippen LogP contribution in [0.2, 0.25) is 10.0 Å². The number of amides is 1. The quantitative estimate of drug-likeness (QED) is 0.526. The van der Waals surface area contributed by atoms with Crippen molar-refractivity contribution >= 4 is 46.8 Å². The van der Waals surface area contributed by atoms with Crippen LogP contribution < -0.4 is 10.6 Å². The molecule has 2 aromatic rings. The van der Waals surface area contributed by atoms with Crippen molar-refractivity contribution in [2.45, 2.75) is 25.8 Å². The second kappa shape index (κ2) is 10.7. The highest BCUT2D eigenvalue weighted by molar-refractivity contribution is 6.39. The maximum absolute atomic E-state index is 12.4. The van der Waals surface area contributed by atoms with E-state index in [1.807, 2.05) is 30.3 Å². The molecule has 0 saturated carbocycles. The van der Waals surface area contributed by atoms with E-state index in [0.29, 0.717) is 0 Å². The average molecular weight is 421 g/mol. The summed E-state index contributed by atoms with van der Waals surface area (Å²) in [6.45, 7) is 3.01. The highest BCUT2D eigenvalue weighted by Gasteiger charge is 2.22. The maximum Gasteiger partial charge on any atom is 0.326 e. The minimum Gasteiger partial charge on any atom is -0.480 e. The van der Waals surface area contributed by atoms with Crippen LogP contribution in [0.25, 0.3) is 6.08 Å². The van der Waals surface area contributed by atoms with Crippen molar-refractivity contribution in [1.29, 1.82) is 0 Å². The molecule has 148 valence electrons. The Hall–Kier alpha value is -2.50. The summed E-state index contributed by atoms with van der Waals surface area (Å²) in [5.74, 6) is -1.76. The Labute approximate surface area is 174 Å². The van der Waals surface area contributed by atoms with Gasteiger partial charge in [-0.2, -0.15) is 0 Å². The number of rotatable bonds is 9. The minimum atomic E-state index is -1.14. The molecule has 0 aliphatic carbocycles. The molecule has 0 aromatic heterocycles. The fourth-order valence-corrected chi connectivity index (χ4v) is 3.06. The van der Waals surface area contributed by atoms with Gasteiger partial charge in [-0.15, -0.1) is 0 Å². The molecule has 3 N–H and O–H groups in total. The van der Waals surface area contributed by atoms with Crippen LogP contribution in [0.5, 0.6) is 0 Å². The third kappa shape index (κ3) is 6.29. The Balaban J connectivity index is 2.00. The van der Waals surface area contributed by atoms with Gasteiger partial charge in [-0.25, -0.2) is 4.79 Å². The molecule has 1 unspecified atom stereocenters. The minimum absolute atomic E-state index is 0.0660. The summed E-state index contributed by atoms with van der Waals surface area (Å²) < 4.78 is 0. The molecule has 2 aromatic carbocycles. The van der Waals surface area contributed by atoms with Crippen molar-refractivity contribution < 1.29 is 14.7 Å². The molecular formula is C21H22Cl2N2O3. The first kappa shape index (κ1) is 21.8. The zero-order chi connectivity index (χ0) is 20.5. The van der Waals surface area contributed by atoms with Gasteiger partial charge >= 0.3 is 5.97 Å². The summed E-state index contributed by atoms with van der Waals surface area (Å²) in [7, 11) is 0. The average Bonchev–Trinajstić information content (AvgIpc) is 2.66. The molecule has 7 heteroatoms. The van der Waals surface area contributed by atoms with Crippen LogP contribution in [0.15, 0.2) is 48.5 Å². The third-order valence-corrected chi connectivity index (χ3v) is 4.60. The van der Waals surface area contributed by atoms with E-state index >= 15 is 0 Å². The van der Waals surface area contributed by atoms with E-state index in [9.17, 15) is 14.7 Å². The summed E-state index contributed by atoms with van der Waals surface area (Å²) in [6, 6.07) is 11.4. The lowest BCUT2D eigenvalue weighted by Crippen LogP contribution is -2.40. The number of anilines is 1. The van der Waals surface area contributed by atoms with Gasteiger partial charge in [0.15, 0.2) is 0 Å². The Morgan fingerprint density at radius 3 is 2.32 bits per heavy atom. The van der Waals surface area contributed by atoms with Gasteiger partial charge in [-0.1, -0.05) is 60.5 Å². The standard InChI is InChI=1S/C21H22Cl2N2O3/c1-2-13-24-15-11-9-14(10-12-15)5-3-8-18(21(27)28)25-20(26)19-16(22)6-4-7-17(19)23/h3-7,9-12,18,24H,2,8,13H2,1H3,(H,25,26)(H,27,28)/b5-3+. The lowest BCUT2D eigenvalue weighted by Gasteiger charge is -2.14. The smallest absolute Gasteiger partial charge is 0.326 e. The summed E-state index contributed by atoms with van der Waals surface area (Å²) >= 11 is 12.0. The number of aliphatic carboxylic acids is 1. The Kier molecular flexibility index (Phi) is 8.36. The molecular weight excluding hydrogens is 399 g/mol. The number of carboxylic acid groups (broad SMARTS) is 1. The zero-order valence-corrected chi connectivity index (χ0v) is 16.9. The predicted molar refractivity (Wildman–Crippen MR) is 114 cm³/mol. The number of nitrogens with one attached hydrogen (secondary N) is 2. The molecule has 0 saturated heterocycles. The summed E-state index contributed by atoms with van der Waals surface area (Å²) in [6.07, 6.45) is 4.69. The monoisotopic (exact) mass is 420 g/mol. The fourth-order valence-electron chi connectivity index (χ4n) is 2.49. The van der Waals surface area contributed by atoms with E-state index in [2.05, 4.69) is 17.6 Å². The first-order valence-electron chi connectivity index (χ1n) is 8.90. The van der Waals surface area contributed by atoms with Gasteiger partial charge in [-0.3, -0.25) is 4.79 Å². The van der Waals surface area contributed by atoms with Crippen molar-refractivity contribution in [3.63, 3.8) is 0 Å². The van der Waals surface area contributed by atoms with Crippen LogP contribution in [-0.4, -0.2) is 29.6 Å². The molecule has 28 heavy (non-hydrogen) atoms. The Morgan fingerprint density at radius 1 is 1.11 bits per heavy atom. The summed E-state index contributed by atoms with van der Waals surface area (Å²) in [5.41, 5.74) is 2.04. The lowest BCUT2D eigenvalue weighted by atomic mass is 10.1. The van der Waals surface area contributed by atoms with Crippen LogP contribution >= 0.6 is 23.2 Å². The first-order chi connectivity index (χ1) is 13.4. The maximum atomic E-state index is 12.4. The number of carbonyl (C=O) groups is 2. The van der Waals surface area contributed by atoms with E-state index in [-0.39, 0.29) is 22.0 Å². The van der Waals surface area contributed by atoms with Crippen molar-refractivity contribution in [3.8, 4) is 0 Å². The van der Waals surface area contributed by atoms with Gasteiger partial charge in [0, 0.05) is 12.2 Å². The molecule has 2 rings (SSSR count). The van der Waals surface area contributed by atoms with Gasteiger partial charge in [0.1, 0.15) is 6.04 Å². The van der Waals surface area contributed by atoms with E-state index < -0.39 is 17.9 Å². The van der Waals surface area contributed by atoms with Crippen LogP contribution in [0.3, 0.4) is 0 Å². The second-order valence-electron chi connectivity index (χ2n) is 6.15. The van der Waals surface area contributed by atoms with E-state index in [1.54, 1.807) is 12.1 Å². The molecule has 5 nitrogen and oxygen atoms in total. The number of carboxylic acids is 1. The zero-order valence-electron chi connectivity index (χ0n) is 15.4. The molecule has 0 radical (unpaired) electrons. The topological polar surface area (TPSA) is 78.4 Å². The second-order valence-corrected chi connectivity index (χ2v) is 6.96. The number of benzene rings is 2. The highest BCUT2D eigenvalue weighted by Crippen LogP contribution is 2.24. The summed E-state index contributed by atoms with van der Waals surface area (Å²) in [4.78, 5) is 23.9. The van der Waals surface area contributed by atoms with Gasteiger partial charge in [0.05, 0.1) is 15.6 Å². The van der Waals surface area contributed by atoms with Gasteiger partial charge < -0.3 is 15.7 Å². The first-order valence-corrected chi connectivity index (χ1v) is 9.66. The largest absolute Gasteiger partial charge is 0.480 e. The van der Waals surface area contributed by atoms with E-state index in [1.165, 1.54) is 12.1 Å². The van der Waals surface area contributed by atoms with Crippen LogP contribution in [0.4, 0.5) is 5.69 Å². The van der Waals surface area contributed by atoms with Gasteiger partial charge in [0.2, 0.25) is 0 Å². The Bertz CT molecular complexity index is 831. The molecule has 0 fully saturated rings. The molecule has 1 atom stereocenters. The van der Waals surface area contributed by atoms with E-state index in [4.69, 9.17) is 23.2 Å². The van der Waals surface area contributed by atoms with Gasteiger partial charge in [0.25, 0.3) is 5.91 Å². The molecule has 1 amide bonds. The molecule has 0 bridgehead atoms. The van der Waals surface area contributed by atoms with Crippen molar-refractivity contribution in [1.82, 2.24) is 5.32 Å². The number of carbonyl (C=O) groups excluding carboxylic acids is 1. The highest BCUT2D eigenvalue weighted by atomic mass is 35.5. The van der Waals surface area contributed by atoms with Crippen molar-refractivity contribution in [2.75, 3.05) is 11.9 Å². The van der Waals surface area contributed by atoms with E-state index in [0.717, 1.165) is 24.2 Å². The molecule has 0 aliphatic heterocycles. The van der Waals surface area contributed by atoms with Crippen LogP contribution in [-0.2, 0) is 4.79 Å². The third-order valence-electron chi connectivity index (χ3n) is 3.97. The SMILES string of the molecule is CCCNc1ccc(/C=C/CC(NC(=O)c2c(Cl)cccc2Cl)C(=O)O)cc1. The molecule has 0 aliphatic rings. The number of hydrogen-bond acceptors (Lipinski definition) is 3. The van der Waals surface area contributed by atoms with Crippen molar-refractivity contribution in [2.24, 2.45) is 0 Å². The normalized spacial score (nSPS) is 12.0. The fraction of sp³-hybridized carbons (Fsp3) is 0.238. The summed E-state index contributed by atoms with van der Waals surface area (Å²) in [5, 5.41) is 15.5. The van der Waals surface area contributed by atoms with Crippen molar-refractivity contribution in [3.05, 3.63) is 69.7 Å². The Morgan fingerprint density at radius 2 is 1.75 bits per heavy atom. The molecule has 0 spiro atoms. The lowest BCUT2D eigenvalue weighted by molar-refractivity contribution is -0.139. The number of halogens is 2. The molecule has 0 heterocycles. The number of hydrogen-bond donors (Lipinski definition) is 3. The van der Waals surface area contributed by atoms with Gasteiger partial charge in [-0.05, 0) is 42.7 Å². The van der Waals surface area contributed by atoms with Crippen LogP contribution in [0, 0.1) is 0 Å². The van der Waals surface area contributed by atoms with Crippen LogP contribution in [0.1, 0.15) is 35.7 Å².